The quantitative estimate of drug-likeness (QED) is 0.778. The highest BCUT2D eigenvalue weighted by atomic mass is 79.9. The van der Waals surface area contributed by atoms with Crippen molar-refractivity contribution in [1.82, 2.24) is 9.88 Å². The number of fused-ring (bicyclic) bond motifs is 2. The molecule has 0 aromatic carbocycles. The van der Waals surface area contributed by atoms with Crippen molar-refractivity contribution in [2.24, 2.45) is 5.92 Å². The van der Waals surface area contributed by atoms with Crippen molar-refractivity contribution in [3.63, 3.8) is 0 Å². The van der Waals surface area contributed by atoms with E-state index in [-0.39, 0.29) is 0 Å². The summed E-state index contributed by atoms with van der Waals surface area (Å²) in [4.78, 5) is 7.40. The highest BCUT2D eigenvalue weighted by molar-refractivity contribution is 9.10. The lowest BCUT2D eigenvalue weighted by Gasteiger charge is -2.44. The van der Waals surface area contributed by atoms with E-state index in [0.29, 0.717) is 0 Å². The summed E-state index contributed by atoms with van der Waals surface area (Å²) in [6.07, 6.45) is 6.41. The molecule has 1 aromatic rings. The molecule has 98 valence electrons. The molecule has 2 nitrogen and oxygen atoms in total. The van der Waals surface area contributed by atoms with Gasteiger partial charge in [0.1, 0.15) is 4.60 Å². The molecule has 0 radical (unpaired) electrons. The minimum absolute atomic E-state index is 0.772. The number of aromatic nitrogens is 1. The predicted molar refractivity (Wildman–Crippen MR) is 77.7 cm³/mol. The number of rotatable bonds is 2. The molecule has 2 heterocycles. The molecule has 0 amide bonds. The minimum Gasteiger partial charge on any atom is -0.300 e. The predicted octanol–water partition coefficient (Wildman–Crippen LogP) is 3.43. The maximum absolute atomic E-state index is 4.67. The third-order valence-corrected chi connectivity index (χ3v) is 4.90. The molecule has 0 N–H and O–H groups in total. The van der Waals surface area contributed by atoms with Gasteiger partial charge in [-0.05, 0) is 78.7 Å². The Bertz CT molecular complexity index is 431. The molecule has 1 aliphatic heterocycles. The van der Waals surface area contributed by atoms with Gasteiger partial charge in [-0.25, -0.2) is 4.98 Å². The van der Waals surface area contributed by atoms with Crippen molar-refractivity contribution in [2.75, 3.05) is 13.1 Å². The molecule has 0 saturated carbocycles. The molecule has 0 bridgehead atoms. The summed E-state index contributed by atoms with van der Waals surface area (Å²) in [5.41, 5.74) is 2.81. The number of hydrogen-bond acceptors (Lipinski definition) is 2. The second kappa shape index (κ2) is 5.30. The van der Waals surface area contributed by atoms with Crippen molar-refractivity contribution in [3.05, 3.63) is 28.0 Å². The van der Waals surface area contributed by atoms with Crippen molar-refractivity contribution in [1.29, 1.82) is 0 Å². The maximum atomic E-state index is 4.67. The average molecular weight is 309 g/mol. The van der Waals surface area contributed by atoms with E-state index in [2.05, 4.69) is 44.9 Å². The van der Waals surface area contributed by atoms with E-state index < -0.39 is 0 Å². The van der Waals surface area contributed by atoms with Gasteiger partial charge >= 0.3 is 0 Å². The zero-order valence-corrected chi connectivity index (χ0v) is 12.6. The van der Waals surface area contributed by atoms with Crippen molar-refractivity contribution in [3.8, 4) is 0 Å². The Morgan fingerprint density at radius 1 is 1.39 bits per heavy atom. The van der Waals surface area contributed by atoms with E-state index in [0.717, 1.165) is 16.6 Å². The van der Waals surface area contributed by atoms with Gasteiger partial charge in [0.25, 0.3) is 0 Å². The van der Waals surface area contributed by atoms with Crippen molar-refractivity contribution >= 4 is 15.9 Å². The molecule has 1 aromatic heterocycles. The maximum Gasteiger partial charge on any atom is 0.106 e. The first kappa shape index (κ1) is 12.6. The van der Waals surface area contributed by atoms with Crippen LogP contribution in [0.2, 0.25) is 0 Å². The van der Waals surface area contributed by atoms with Crippen LogP contribution < -0.4 is 0 Å². The Balaban J connectivity index is 1.85. The summed E-state index contributed by atoms with van der Waals surface area (Å²) in [5.74, 6) is 0.833. The monoisotopic (exact) mass is 308 g/mol. The van der Waals surface area contributed by atoms with Gasteiger partial charge in [-0.3, -0.25) is 4.90 Å². The standard InChI is InChI=1S/C15H21BrN2/c1-2-7-18-8-3-4-12-9-13-11(10-14(12)18)5-6-15(16)17-13/h5-6,12,14H,2-4,7-10H2,1H3/t12-,14-/m1/s1. The Hall–Kier alpha value is -0.410. The Morgan fingerprint density at radius 2 is 2.28 bits per heavy atom. The fourth-order valence-corrected chi connectivity index (χ4v) is 4.00. The number of hydrogen-bond donors (Lipinski definition) is 0. The van der Waals surface area contributed by atoms with Crippen LogP contribution in [0.4, 0.5) is 0 Å². The van der Waals surface area contributed by atoms with Crippen LogP contribution in [0.25, 0.3) is 0 Å². The molecule has 0 unspecified atom stereocenters. The summed E-state index contributed by atoms with van der Waals surface area (Å²) in [6, 6.07) is 5.13. The van der Waals surface area contributed by atoms with Crippen molar-refractivity contribution < 1.29 is 0 Å². The Labute approximate surface area is 118 Å². The number of likely N-dealkylation sites (tertiary alicyclic amines) is 1. The molecule has 1 aliphatic carbocycles. The molecule has 0 spiro atoms. The van der Waals surface area contributed by atoms with Gasteiger partial charge in [-0.15, -0.1) is 0 Å². The largest absolute Gasteiger partial charge is 0.300 e. The fourth-order valence-electron chi connectivity index (χ4n) is 3.65. The van der Waals surface area contributed by atoms with E-state index in [1.807, 2.05) is 0 Å². The summed E-state index contributed by atoms with van der Waals surface area (Å²) >= 11 is 3.49. The molecule has 3 heteroatoms. The number of piperidine rings is 1. The van der Waals surface area contributed by atoms with Gasteiger partial charge < -0.3 is 0 Å². The lowest BCUT2D eigenvalue weighted by Crippen LogP contribution is -2.49. The molecule has 1 fully saturated rings. The lowest BCUT2D eigenvalue weighted by atomic mass is 9.77. The number of nitrogens with zero attached hydrogens (tertiary/aromatic N) is 2. The summed E-state index contributed by atoms with van der Waals surface area (Å²) in [7, 11) is 0. The molecule has 2 aliphatic rings. The zero-order valence-electron chi connectivity index (χ0n) is 11.0. The third-order valence-electron chi connectivity index (χ3n) is 4.46. The van der Waals surface area contributed by atoms with Gasteiger partial charge in [-0.2, -0.15) is 0 Å². The molecule has 3 rings (SSSR count). The first-order valence-corrected chi connectivity index (χ1v) is 7.95. The first-order valence-electron chi connectivity index (χ1n) is 7.16. The molecular weight excluding hydrogens is 288 g/mol. The number of pyridine rings is 1. The highest BCUT2D eigenvalue weighted by Gasteiger charge is 2.35. The molecule has 1 saturated heterocycles. The smallest absolute Gasteiger partial charge is 0.106 e. The van der Waals surface area contributed by atoms with Crippen LogP contribution in [-0.4, -0.2) is 29.0 Å². The summed E-state index contributed by atoms with van der Waals surface area (Å²) in [5, 5.41) is 0. The average Bonchev–Trinajstić information content (AvgIpc) is 2.37. The van der Waals surface area contributed by atoms with Crippen LogP contribution in [0, 0.1) is 5.92 Å². The van der Waals surface area contributed by atoms with Crippen LogP contribution in [-0.2, 0) is 12.8 Å². The normalized spacial score (nSPS) is 27.7. The van der Waals surface area contributed by atoms with E-state index in [1.54, 1.807) is 0 Å². The topological polar surface area (TPSA) is 16.1 Å². The van der Waals surface area contributed by atoms with Gasteiger partial charge in [0, 0.05) is 11.7 Å². The third kappa shape index (κ3) is 2.35. The van der Waals surface area contributed by atoms with E-state index in [9.17, 15) is 0 Å². The summed E-state index contributed by atoms with van der Waals surface area (Å²) in [6.45, 7) is 4.85. The van der Waals surface area contributed by atoms with Crippen LogP contribution in [0.3, 0.4) is 0 Å². The SMILES string of the molecule is CCCN1CCC[C@@H]2Cc3nc(Br)ccc3C[C@H]21. The first-order chi connectivity index (χ1) is 8.78. The van der Waals surface area contributed by atoms with E-state index in [4.69, 9.17) is 0 Å². The van der Waals surface area contributed by atoms with Crippen molar-refractivity contribution in [2.45, 2.75) is 45.1 Å². The van der Waals surface area contributed by atoms with Crippen LogP contribution >= 0.6 is 15.9 Å². The van der Waals surface area contributed by atoms with Crippen LogP contribution in [0.15, 0.2) is 16.7 Å². The Morgan fingerprint density at radius 3 is 3.11 bits per heavy atom. The Kier molecular flexibility index (Phi) is 3.71. The van der Waals surface area contributed by atoms with E-state index >= 15 is 0 Å². The fraction of sp³-hybridized carbons (Fsp3) is 0.667. The van der Waals surface area contributed by atoms with E-state index in [1.165, 1.54) is 56.5 Å². The highest BCUT2D eigenvalue weighted by Crippen LogP contribution is 2.34. The van der Waals surface area contributed by atoms with Crippen LogP contribution in [0.5, 0.6) is 0 Å². The molecular formula is C15H21BrN2. The minimum atomic E-state index is 0.772. The van der Waals surface area contributed by atoms with Gasteiger partial charge in [0.15, 0.2) is 0 Å². The second-order valence-electron chi connectivity index (χ2n) is 5.65. The van der Waals surface area contributed by atoms with Gasteiger partial charge in [0.2, 0.25) is 0 Å². The molecule has 2 atom stereocenters. The van der Waals surface area contributed by atoms with Crippen LogP contribution in [0.1, 0.15) is 37.4 Å². The number of halogens is 1. The lowest BCUT2D eigenvalue weighted by molar-refractivity contribution is 0.0845. The molecule has 18 heavy (non-hydrogen) atoms. The van der Waals surface area contributed by atoms with Gasteiger partial charge in [-0.1, -0.05) is 13.0 Å². The van der Waals surface area contributed by atoms with Gasteiger partial charge in [0.05, 0.1) is 0 Å². The summed E-state index contributed by atoms with van der Waals surface area (Å²) < 4.78 is 0.987. The second-order valence-corrected chi connectivity index (χ2v) is 6.47. The zero-order chi connectivity index (χ0) is 12.5.